The minimum atomic E-state index is -1.34. The van der Waals surface area contributed by atoms with E-state index in [9.17, 15) is 4.79 Å². The van der Waals surface area contributed by atoms with Gasteiger partial charge in [-0.3, -0.25) is 4.79 Å². The van der Waals surface area contributed by atoms with E-state index in [2.05, 4.69) is 13.8 Å². The molecule has 47 heavy (non-hydrogen) atoms. The number of rotatable bonds is 38. The number of esters is 1. The second kappa shape index (κ2) is 45.7. The van der Waals surface area contributed by atoms with Gasteiger partial charge in [-0.2, -0.15) is 0 Å². The lowest BCUT2D eigenvalue weighted by molar-refractivity contribution is -0.144. The number of carbonyl (C=O) groups is 1. The summed E-state index contributed by atoms with van der Waals surface area (Å²) in [5, 5.41) is 0. The average Bonchev–Trinajstić information content (AvgIpc) is 3.08. The van der Waals surface area contributed by atoms with Gasteiger partial charge >= 0.3 is 14.6 Å². The van der Waals surface area contributed by atoms with Crippen LogP contribution in [0.1, 0.15) is 200 Å². The fourth-order valence-corrected chi connectivity index (χ4v) is 6.27. The number of unbranched alkanes of at least 4 members (excludes halogenated alkanes) is 25. The van der Waals surface area contributed by atoms with Crippen molar-refractivity contribution >= 4 is 14.6 Å². The van der Waals surface area contributed by atoms with Crippen molar-refractivity contribution in [2.24, 2.45) is 5.73 Å². The van der Waals surface area contributed by atoms with Crippen LogP contribution >= 0.6 is 8.60 Å². The molecule has 0 heterocycles. The molecule has 0 saturated carbocycles. The molecule has 0 bridgehead atoms. The molecule has 0 aliphatic carbocycles. The van der Waals surface area contributed by atoms with Crippen LogP contribution in [0.2, 0.25) is 0 Å². The topological polar surface area (TPSA) is 89.2 Å². The summed E-state index contributed by atoms with van der Waals surface area (Å²) >= 11 is 0. The van der Waals surface area contributed by atoms with Gasteiger partial charge in [-0.15, -0.1) is 0 Å². The van der Waals surface area contributed by atoms with Crippen LogP contribution in [0.15, 0.2) is 0 Å². The summed E-state index contributed by atoms with van der Waals surface area (Å²) in [5.41, 5.74) is 5.37. The van der Waals surface area contributed by atoms with Gasteiger partial charge in [-0.05, 0) is 12.8 Å². The lowest BCUT2D eigenvalue weighted by Crippen LogP contribution is -2.09. The van der Waals surface area contributed by atoms with Gasteiger partial charge in [0.05, 0.1) is 19.8 Å². The highest BCUT2D eigenvalue weighted by molar-refractivity contribution is 7.41. The van der Waals surface area contributed by atoms with Crippen LogP contribution in [0.5, 0.6) is 0 Å². The van der Waals surface area contributed by atoms with Crippen LogP contribution in [-0.4, -0.2) is 53.2 Å². The first kappa shape index (κ1) is 48.8. The SMILES string of the molecule is CCCCCCCCCCCCCCCC(=O)OCCCOP(OC)OCCN.CCCCCCCCCCCCCCCCOC. The van der Waals surface area contributed by atoms with E-state index >= 15 is 0 Å². The van der Waals surface area contributed by atoms with Crippen LogP contribution in [-0.2, 0) is 27.8 Å². The Balaban J connectivity index is 0. The van der Waals surface area contributed by atoms with E-state index in [0.29, 0.717) is 39.2 Å². The molecule has 7 nitrogen and oxygen atoms in total. The largest absolute Gasteiger partial charge is 0.466 e. The molecular weight excluding hydrogens is 609 g/mol. The quantitative estimate of drug-likeness (QED) is 0.0391. The van der Waals surface area contributed by atoms with E-state index in [1.807, 2.05) is 0 Å². The van der Waals surface area contributed by atoms with Gasteiger partial charge in [0.25, 0.3) is 0 Å². The van der Waals surface area contributed by atoms with Crippen molar-refractivity contribution < 1.29 is 27.8 Å². The lowest BCUT2D eigenvalue weighted by atomic mass is 10.0. The number of hydrogen-bond acceptors (Lipinski definition) is 7. The Bertz CT molecular complexity index is 556. The molecule has 0 aromatic carbocycles. The van der Waals surface area contributed by atoms with E-state index in [1.54, 1.807) is 7.11 Å². The maximum atomic E-state index is 11.7. The Morgan fingerprint density at radius 2 is 0.851 bits per heavy atom. The Hall–Kier alpha value is -0.300. The van der Waals surface area contributed by atoms with Crippen molar-refractivity contribution in [3.8, 4) is 0 Å². The van der Waals surface area contributed by atoms with Crippen LogP contribution in [0.3, 0.4) is 0 Å². The third-order valence-corrected chi connectivity index (χ3v) is 9.48. The number of methoxy groups -OCH3 is 1. The first-order valence-corrected chi connectivity index (χ1v) is 21.2. The predicted octanol–water partition coefficient (Wildman–Crippen LogP) is 12.4. The third-order valence-electron chi connectivity index (χ3n) is 8.40. The summed E-state index contributed by atoms with van der Waals surface area (Å²) in [7, 11) is 1.99. The van der Waals surface area contributed by atoms with Crippen molar-refractivity contribution in [3.05, 3.63) is 0 Å². The number of ether oxygens (including phenoxy) is 2. The van der Waals surface area contributed by atoms with Crippen molar-refractivity contribution in [1.29, 1.82) is 0 Å². The molecule has 284 valence electrons. The third kappa shape index (κ3) is 45.7. The second-order valence-electron chi connectivity index (χ2n) is 13.0. The molecule has 0 amide bonds. The predicted molar refractivity (Wildman–Crippen MR) is 203 cm³/mol. The summed E-state index contributed by atoms with van der Waals surface area (Å²) in [6, 6.07) is 0. The van der Waals surface area contributed by atoms with Gasteiger partial charge in [0.1, 0.15) is 0 Å². The molecule has 0 aromatic heterocycles. The molecule has 1 unspecified atom stereocenters. The molecule has 1 atom stereocenters. The highest BCUT2D eigenvalue weighted by Crippen LogP contribution is 2.38. The second-order valence-corrected chi connectivity index (χ2v) is 14.3. The summed E-state index contributed by atoms with van der Waals surface area (Å²) < 4.78 is 26.1. The summed E-state index contributed by atoms with van der Waals surface area (Å²) in [5.74, 6) is -0.110. The maximum absolute atomic E-state index is 11.7. The van der Waals surface area contributed by atoms with Crippen LogP contribution in [0.25, 0.3) is 0 Å². The summed E-state index contributed by atoms with van der Waals surface area (Å²) in [6.07, 6.45) is 38.1. The van der Waals surface area contributed by atoms with Crippen LogP contribution < -0.4 is 5.73 Å². The van der Waals surface area contributed by atoms with Crippen LogP contribution in [0.4, 0.5) is 0 Å². The zero-order chi connectivity index (χ0) is 34.7. The number of carbonyl (C=O) groups excluding carboxylic acids is 1. The molecule has 0 aliphatic heterocycles. The molecular formula is C39H82NO6P. The average molecular weight is 692 g/mol. The van der Waals surface area contributed by atoms with E-state index in [4.69, 9.17) is 28.8 Å². The van der Waals surface area contributed by atoms with E-state index in [-0.39, 0.29) is 5.97 Å². The van der Waals surface area contributed by atoms with E-state index < -0.39 is 8.60 Å². The van der Waals surface area contributed by atoms with Crippen molar-refractivity contribution in [2.45, 2.75) is 200 Å². The standard InChI is InChI=1S/C22H46NO5P.C17H36O/c1-3-4-5-6-7-8-9-10-11-12-13-14-15-17-22(24)26-19-16-20-27-29(25-2)28-21-18-23;1-3-4-5-6-7-8-9-10-11-12-13-14-15-16-17-18-2/h3-21,23H2,1-2H3;3-17H2,1-2H3. The monoisotopic (exact) mass is 692 g/mol. The molecule has 0 spiro atoms. The van der Waals surface area contributed by atoms with Gasteiger partial charge in [0.2, 0.25) is 0 Å². The zero-order valence-electron chi connectivity index (χ0n) is 32.0. The number of hydrogen-bond donors (Lipinski definition) is 1. The Morgan fingerprint density at radius 1 is 0.468 bits per heavy atom. The van der Waals surface area contributed by atoms with Crippen molar-refractivity contribution in [3.63, 3.8) is 0 Å². The minimum absolute atomic E-state index is 0.110. The lowest BCUT2D eigenvalue weighted by Gasteiger charge is -2.13. The van der Waals surface area contributed by atoms with Crippen molar-refractivity contribution in [2.75, 3.05) is 47.2 Å². The fourth-order valence-electron chi connectivity index (χ4n) is 5.45. The molecule has 8 heteroatoms. The van der Waals surface area contributed by atoms with Crippen molar-refractivity contribution in [1.82, 2.24) is 0 Å². The molecule has 0 rings (SSSR count). The zero-order valence-corrected chi connectivity index (χ0v) is 32.9. The van der Waals surface area contributed by atoms with Gasteiger partial charge in [0.15, 0.2) is 0 Å². The van der Waals surface area contributed by atoms with Gasteiger partial charge < -0.3 is 28.8 Å². The Labute approximate surface area is 294 Å². The molecule has 0 fully saturated rings. The Kier molecular flexibility index (Phi) is 47.5. The van der Waals surface area contributed by atoms with Crippen LogP contribution in [0, 0.1) is 0 Å². The first-order chi connectivity index (χ1) is 23.2. The molecule has 0 aromatic rings. The van der Waals surface area contributed by atoms with E-state index in [1.165, 1.54) is 168 Å². The maximum Gasteiger partial charge on any atom is 0.332 e. The highest BCUT2D eigenvalue weighted by Gasteiger charge is 2.10. The smallest absolute Gasteiger partial charge is 0.332 e. The highest BCUT2D eigenvalue weighted by atomic mass is 31.2. The molecule has 0 radical (unpaired) electrons. The normalized spacial score (nSPS) is 11.8. The molecule has 0 aliphatic rings. The summed E-state index contributed by atoms with van der Waals surface area (Å²) in [4.78, 5) is 11.7. The summed E-state index contributed by atoms with van der Waals surface area (Å²) in [6.45, 7) is 7.15. The fraction of sp³-hybridized carbons (Fsp3) is 0.974. The number of nitrogens with two attached hydrogens (primary N) is 1. The van der Waals surface area contributed by atoms with Gasteiger partial charge in [-0.25, -0.2) is 0 Å². The van der Waals surface area contributed by atoms with E-state index in [0.717, 1.165) is 19.4 Å². The molecule has 2 N–H and O–H groups in total. The first-order valence-electron chi connectivity index (χ1n) is 20.1. The molecule has 0 saturated heterocycles. The minimum Gasteiger partial charge on any atom is -0.466 e. The van der Waals surface area contributed by atoms with Gasteiger partial charge in [0, 0.05) is 40.2 Å². The Morgan fingerprint density at radius 3 is 1.23 bits per heavy atom. The van der Waals surface area contributed by atoms with Gasteiger partial charge in [-0.1, -0.05) is 174 Å².